The van der Waals surface area contributed by atoms with Gasteiger partial charge in [0, 0.05) is 23.2 Å². The van der Waals surface area contributed by atoms with Crippen LogP contribution < -0.4 is 0 Å². The summed E-state index contributed by atoms with van der Waals surface area (Å²) in [5.41, 5.74) is 12.8. The van der Waals surface area contributed by atoms with Gasteiger partial charge >= 0.3 is 0 Å². The van der Waals surface area contributed by atoms with E-state index >= 15 is 0 Å². The van der Waals surface area contributed by atoms with Gasteiger partial charge in [0.2, 0.25) is 0 Å². The first-order valence-electron chi connectivity index (χ1n) is 17.1. The molecule has 0 atom stereocenters. The molecule has 0 amide bonds. The maximum atomic E-state index is 4.71. The van der Waals surface area contributed by atoms with E-state index in [0.29, 0.717) is 0 Å². The van der Waals surface area contributed by atoms with E-state index in [1.807, 2.05) is 6.20 Å². The zero-order valence-electron chi connectivity index (χ0n) is 27.5. The van der Waals surface area contributed by atoms with Gasteiger partial charge in [-0.3, -0.25) is 4.98 Å². The van der Waals surface area contributed by atoms with E-state index in [1.54, 1.807) is 0 Å². The number of nitrogens with zero attached hydrogens (tertiary/aromatic N) is 1. The number of benzene rings is 8. The number of fused-ring (bicyclic) bond motifs is 7. The summed E-state index contributed by atoms with van der Waals surface area (Å²) in [4.78, 5) is 4.71. The summed E-state index contributed by atoms with van der Waals surface area (Å²) in [6, 6.07) is 56.2. The number of pyridine rings is 1. The highest BCUT2D eigenvalue weighted by Crippen LogP contribution is 2.51. The lowest BCUT2D eigenvalue weighted by Crippen LogP contribution is -2.14. The first-order chi connectivity index (χ1) is 24.1. The van der Waals surface area contributed by atoms with Crippen LogP contribution in [0.3, 0.4) is 0 Å². The monoisotopic (exact) mass is 623 g/mol. The second-order valence-electron chi connectivity index (χ2n) is 14.0. The molecule has 10 rings (SSSR count). The highest BCUT2D eigenvalue weighted by atomic mass is 14.6. The summed E-state index contributed by atoms with van der Waals surface area (Å²) in [6.45, 7) is 4.73. The van der Waals surface area contributed by atoms with E-state index in [0.717, 1.165) is 0 Å². The van der Waals surface area contributed by atoms with Crippen LogP contribution in [0.25, 0.3) is 87.6 Å². The van der Waals surface area contributed by atoms with Crippen molar-refractivity contribution in [2.24, 2.45) is 0 Å². The third-order valence-electron chi connectivity index (χ3n) is 10.9. The quantitative estimate of drug-likeness (QED) is 0.178. The Balaban J connectivity index is 1.31. The molecule has 1 aromatic heterocycles. The van der Waals surface area contributed by atoms with Crippen molar-refractivity contribution in [3.63, 3.8) is 0 Å². The Bertz CT molecular complexity index is 2800. The minimum atomic E-state index is -0.0890. The van der Waals surface area contributed by atoms with Crippen molar-refractivity contribution in [1.29, 1.82) is 0 Å². The van der Waals surface area contributed by atoms with Crippen LogP contribution in [-0.4, -0.2) is 4.98 Å². The largest absolute Gasteiger partial charge is 0.264 e. The lowest BCUT2D eigenvalue weighted by atomic mass is 9.80. The van der Waals surface area contributed by atoms with E-state index in [4.69, 9.17) is 4.98 Å². The van der Waals surface area contributed by atoms with Gasteiger partial charge in [-0.05, 0) is 118 Å². The van der Waals surface area contributed by atoms with Crippen LogP contribution in [0.15, 0.2) is 164 Å². The molecule has 1 nitrogen and oxygen atoms in total. The van der Waals surface area contributed by atoms with E-state index < -0.39 is 0 Å². The number of rotatable bonds is 3. The van der Waals surface area contributed by atoms with Crippen LogP contribution in [0.2, 0.25) is 0 Å². The summed E-state index contributed by atoms with van der Waals surface area (Å²) >= 11 is 0. The third-order valence-corrected chi connectivity index (χ3v) is 10.9. The van der Waals surface area contributed by atoms with Crippen LogP contribution in [-0.2, 0) is 5.41 Å². The molecule has 1 aliphatic rings. The van der Waals surface area contributed by atoms with Crippen LogP contribution in [0.1, 0.15) is 25.0 Å². The Labute approximate surface area is 286 Å². The van der Waals surface area contributed by atoms with Crippen molar-refractivity contribution in [2.45, 2.75) is 19.3 Å². The summed E-state index contributed by atoms with van der Waals surface area (Å²) in [5.74, 6) is 0. The summed E-state index contributed by atoms with van der Waals surface area (Å²) in [5, 5.41) is 9.87. The molecular weight excluding hydrogens is 591 g/mol. The maximum absolute atomic E-state index is 4.71. The first-order valence-corrected chi connectivity index (χ1v) is 17.1. The molecule has 1 aliphatic carbocycles. The molecule has 0 spiro atoms. The zero-order chi connectivity index (χ0) is 32.7. The van der Waals surface area contributed by atoms with Gasteiger partial charge in [-0.25, -0.2) is 0 Å². The summed E-state index contributed by atoms with van der Waals surface area (Å²) < 4.78 is 0. The van der Waals surface area contributed by atoms with Gasteiger partial charge in [-0.1, -0.05) is 141 Å². The molecule has 1 heterocycles. The average Bonchev–Trinajstić information content (AvgIpc) is 3.38. The number of hydrogen-bond donors (Lipinski definition) is 0. The van der Waals surface area contributed by atoms with Gasteiger partial charge in [-0.15, -0.1) is 0 Å². The number of hydrogen-bond acceptors (Lipinski definition) is 1. The number of aromatic nitrogens is 1. The minimum Gasteiger partial charge on any atom is -0.264 e. The van der Waals surface area contributed by atoms with E-state index in [1.165, 1.54) is 98.7 Å². The van der Waals surface area contributed by atoms with Gasteiger partial charge in [-0.2, -0.15) is 0 Å². The molecule has 0 aliphatic heterocycles. The van der Waals surface area contributed by atoms with Crippen molar-refractivity contribution in [1.82, 2.24) is 4.98 Å². The predicted octanol–water partition coefficient (Wildman–Crippen LogP) is 13.0. The van der Waals surface area contributed by atoms with Crippen LogP contribution >= 0.6 is 0 Å². The fourth-order valence-electron chi connectivity index (χ4n) is 8.54. The molecule has 9 aromatic rings. The van der Waals surface area contributed by atoms with Gasteiger partial charge < -0.3 is 0 Å². The smallest absolute Gasteiger partial charge is 0.0353 e. The Kier molecular flexibility index (Phi) is 5.99. The average molecular weight is 624 g/mol. The molecule has 230 valence electrons. The molecule has 0 unspecified atom stereocenters. The fourth-order valence-corrected chi connectivity index (χ4v) is 8.54. The van der Waals surface area contributed by atoms with Gasteiger partial charge in [0.25, 0.3) is 0 Å². The Hall–Kier alpha value is -6.05. The maximum Gasteiger partial charge on any atom is 0.0353 e. The Morgan fingerprint density at radius 2 is 1.04 bits per heavy atom. The van der Waals surface area contributed by atoms with Crippen molar-refractivity contribution < 1.29 is 0 Å². The molecule has 8 aromatic carbocycles. The fraction of sp³-hybridized carbons (Fsp3) is 0.0625. The third kappa shape index (κ3) is 4.15. The molecular formula is C48H33N. The lowest BCUT2D eigenvalue weighted by Gasteiger charge is -2.23. The van der Waals surface area contributed by atoms with Crippen molar-refractivity contribution in [2.75, 3.05) is 0 Å². The second kappa shape index (κ2) is 10.5. The van der Waals surface area contributed by atoms with Crippen molar-refractivity contribution >= 4 is 43.1 Å². The van der Waals surface area contributed by atoms with Crippen molar-refractivity contribution in [3.8, 4) is 44.5 Å². The highest BCUT2D eigenvalue weighted by Gasteiger charge is 2.35. The summed E-state index contributed by atoms with van der Waals surface area (Å²) in [6.07, 6.45) is 4.01. The topological polar surface area (TPSA) is 12.9 Å². The van der Waals surface area contributed by atoms with E-state index in [-0.39, 0.29) is 5.41 Å². The molecule has 1 heteroatoms. The van der Waals surface area contributed by atoms with E-state index in [2.05, 4.69) is 172 Å². The molecule has 0 radical (unpaired) electrons. The Morgan fingerprint density at radius 1 is 0.388 bits per heavy atom. The lowest BCUT2D eigenvalue weighted by molar-refractivity contribution is 0.660. The van der Waals surface area contributed by atoms with Gasteiger partial charge in [0.15, 0.2) is 0 Å². The van der Waals surface area contributed by atoms with Gasteiger partial charge in [0.1, 0.15) is 0 Å². The molecule has 0 saturated carbocycles. The summed E-state index contributed by atoms with van der Waals surface area (Å²) in [7, 11) is 0. The minimum absolute atomic E-state index is 0.0890. The molecule has 0 bridgehead atoms. The molecule has 0 fully saturated rings. The van der Waals surface area contributed by atoms with E-state index in [9.17, 15) is 0 Å². The first kappa shape index (κ1) is 28.0. The van der Waals surface area contributed by atoms with Crippen LogP contribution in [0.4, 0.5) is 0 Å². The van der Waals surface area contributed by atoms with Crippen molar-refractivity contribution in [3.05, 3.63) is 175 Å². The molecule has 0 saturated heterocycles. The highest BCUT2D eigenvalue weighted by molar-refractivity contribution is 6.22. The zero-order valence-corrected chi connectivity index (χ0v) is 27.5. The standard InChI is InChI=1S/C48H33N/c1-48(2)44-17-8-7-15-38(44)39-22-21-35(28-45(39)48)46-41-24-25-49-29-43(41)47(34-19-18-30-10-3-4-12-32(30)26-34)40-23-20-33(27-42(40)46)37-16-9-13-31-11-5-6-14-36(31)37/h3-29H,1-2H3. The Morgan fingerprint density at radius 3 is 1.96 bits per heavy atom. The molecule has 0 N–H and O–H groups in total. The van der Waals surface area contributed by atoms with Crippen LogP contribution in [0.5, 0.6) is 0 Å². The van der Waals surface area contributed by atoms with Gasteiger partial charge in [0.05, 0.1) is 0 Å². The molecule has 49 heavy (non-hydrogen) atoms. The normalized spacial score (nSPS) is 13.3. The second-order valence-corrected chi connectivity index (χ2v) is 14.0. The predicted molar refractivity (Wildman–Crippen MR) is 208 cm³/mol. The van der Waals surface area contributed by atoms with Crippen LogP contribution in [0, 0.1) is 0 Å². The SMILES string of the molecule is CC1(C)c2ccccc2-c2ccc(-c3c4ccncc4c(-c4ccc5ccccc5c4)c4ccc(-c5cccc6ccccc56)cc34)cc21.